The van der Waals surface area contributed by atoms with Crippen molar-refractivity contribution in [1.29, 1.82) is 0 Å². The maximum atomic E-state index is 12.1. The highest BCUT2D eigenvalue weighted by Gasteiger charge is 2.33. The first-order valence-corrected chi connectivity index (χ1v) is 8.37. The average molecular weight is 362 g/mol. The number of benzene rings is 1. The molecule has 3 heterocycles. The minimum absolute atomic E-state index is 0.444. The Balaban J connectivity index is 1.83. The Kier molecular flexibility index (Phi) is 4.08. The van der Waals surface area contributed by atoms with Crippen LogP contribution >= 0.6 is 0 Å². The molecule has 27 heavy (non-hydrogen) atoms. The number of fused-ring (bicyclic) bond motifs is 1. The van der Waals surface area contributed by atoms with Gasteiger partial charge in [0.2, 0.25) is 11.9 Å². The molecule has 3 aromatic rings. The summed E-state index contributed by atoms with van der Waals surface area (Å²) in [6.45, 7) is 1.81. The van der Waals surface area contributed by atoms with E-state index in [1.807, 2.05) is 36.4 Å². The number of hydrogen-bond acceptors (Lipinski definition) is 6. The van der Waals surface area contributed by atoms with Gasteiger partial charge in [0.25, 0.3) is 0 Å². The second kappa shape index (κ2) is 6.56. The largest absolute Gasteiger partial charge is 0.497 e. The Bertz CT molecular complexity index is 1020. The van der Waals surface area contributed by atoms with Gasteiger partial charge in [0.15, 0.2) is 5.82 Å². The number of hydrogen-bond donors (Lipinski definition) is 2. The van der Waals surface area contributed by atoms with Gasteiger partial charge >= 0.3 is 0 Å². The highest BCUT2D eigenvalue weighted by molar-refractivity contribution is 5.95. The predicted octanol–water partition coefficient (Wildman–Crippen LogP) is 2.12. The van der Waals surface area contributed by atoms with Gasteiger partial charge < -0.3 is 15.8 Å². The van der Waals surface area contributed by atoms with Gasteiger partial charge in [-0.25, -0.2) is 4.68 Å². The molecule has 0 saturated carbocycles. The SMILES string of the molecule is COc1ccc(-c2nc3n(n2)[C@H](c2ccncc2)C(C(N)=O)=C(C)N3)cc1. The molecule has 4 rings (SSSR count). The molecule has 1 aromatic carbocycles. The van der Waals surface area contributed by atoms with Crippen LogP contribution in [-0.2, 0) is 4.79 Å². The van der Waals surface area contributed by atoms with E-state index in [2.05, 4.69) is 20.4 Å². The van der Waals surface area contributed by atoms with Crippen LogP contribution in [0.2, 0.25) is 0 Å². The first kappa shape index (κ1) is 16.8. The van der Waals surface area contributed by atoms with Crippen molar-refractivity contribution in [3.8, 4) is 17.1 Å². The minimum Gasteiger partial charge on any atom is -0.497 e. The van der Waals surface area contributed by atoms with E-state index in [1.165, 1.54) is 0 Å². The number of nitrogens with one attached hydrogen (secondary N) is 1. The molecule has 0 bridgehead atoms. The van der Waals surface area contributed by atoms with Crippen molar-refractivity contribution in [3.63, 3.8) is 0 Å². The van der Waals surface area contributed by atoms with Gasteiger partial charge in [-0.15, -0.1) is 5.10 Å². The van der Waals surface area contributed by atoms with E-state index < -0.39 is 11.9 Å². The minimum atomic E-state index is -0.506. The van der Waals surface area contributed by atoms with E-state index in [0.29, 0.717) is 23.0 Å². The second-order valence-corrected chi connectivity index (χ2v) is 6.14. The number of rotatable bonds is 4. The van der Waals surface area contributed by atoms with E-state index in [-0.39, 0.29) is 0 Å². The molecular weight excluding hydrogens is 344 g/mol. The van der Waals surface area contributed by atoms with Crippen molar-refractivity contribution in [2.45, 2.75) is 13.0 Å². The molecule has 0 fully saturated rings. The Morgan fingerprint density at radius 3 is 2.52 bits per heavy atom. The van der Waals surface area contributed by atoms with Crippen LogP contribution in [0, 0.1) is 0 Å². The van der Waals surface area contributed by atoms with Crippen LogP contribution in [0.4, 0.5) is 5.95 Å². The Hall–Kier alpha value is -3.68. The summed E-state index contributed by atoms with van der Waals surface area (Å²) in [5.74, 6) is 1.33. The van der Waals surface area contributed by atoms with Crippen molar-refractivity contribution < 1.29 is 9.53 Å². The topological polar surface area (TPSA) is 108 Å². The van der Waals surface area contributed by atoms with Gasteiger partial charge in [-0.1, -0.05) is 0 Å². The van der Waals surface area contributed by atoms with Crippen molar-refractivity contribution in [1.82, 2.24) is 19.7 Å². The van der Waals surface area contributed by atoms with Crippen LogP contribution in [0.15, 0.2) is 60.1 Å². The number of nitrogens with two attached hydrogens (primary N) is 1. The van der Waals surface area contributed by atoms with Gasteiger partial charge in [-0.05, 0) is 48.9 Å². The molecule has 0 radical (unpaired) electrons. The fourth-order valence-corrected chi connectivity index (χ4v) is 3.19. The van der Waals surface area contributed by atoms with Crippen LogP contribution < -0.4 is 15.8 Å². The zero-order valence-corrected chi connectivity index (χ0v) is 14.9. The molecule has 0 spiro atoms. The fraction of sp³-hybridized carbons (Fsp3) is 0.158. The zero-order chi connectivity index (χ0) is 19.0. The zero-order valence-electron chi connectivity index (χ0n) is 14.9. The molecule has 1 aliphatic heterocycles. The number of allylic oxidation sites excluding steroid dienone is 1. The van der Waals surface area contributed by atoms with E-state index in [9.17, 15) is 4.79 Å². The standard InChI is InChI=1S/C19H18N6O2/c1-11-15(17(20)26)16(12-7-9-21-10-8-12)25-19(22-11)23-18(24-25)13-3-5-14(27-2)6-4-13/h3-10,16H,1-2H3,(H2,20,26)(H,22,23,24)/t16-/m1/s1. The van der Waals surface area contributed by atoms with E-state index in [1.54, 1.807) is 31.1 Å². The third kappa shape index (κ3) is 2.91. The lowest BCUT2D eigenvalue weighted by Gasteiger charge is -2.27. The van der Waals surface area contributed by atoms with Crippen LogP contribution in [0.1, 0.15) is 18.5 Å². The lowest BCUT2D eigenvalue weighted by molar-refractivity contribution is -0.115. The molecule has 8 heteroatoms. The number of anilines is 1. The monoisotopic (exact) mass is 362 g/mol. The second-order valence-electron chi connectivity index (χ2n) is 6.14. The molecule has 1 aliphatic rings. The van der Waals surface area contributed by atoms with Gasteiger partial charge in [0, 0.05) is 23.7 Å². The van der Waals surface area contributed by atoms with E-state index in [0.717, 1.165) is 16.9 Å². The normalized spacial score (nSPS) is 15.9. The molecule has 3 N–H and O–H groups in total. The molecule has 136 valence electrons. The first-order chi connectivity index (χ1) is 13.1. The van der Waals surface area contributed by atoms with Crippen molar-refractivity contribution in [2.75, 3.05) is 12.4 Å². The molecule has 1 amide bonds. The number of ether oxygens (including phenoxy) is 1. The van der Waals surface area contributed by atoms with Gasteiger partial charge in [0.1, 0.15) is 11.8 Å². The lowest BCUT2D eigenvalue weighted by Crippen LogP contribution is -2.31. The molecule has 8 nitrogen and oxygen atoms in total. The van der Waals surface area contributed by atoms with E-state index >= 15 is 0 Å². The summed E-state index contributed by atoms with van der Waals surface area (Å²) >= 11 is 0. The van der Waals surface area contributed by atoms with E-state index in [4.69, 9.17) is 10.5 Å². The number of methoxy groups -OCH3 is 1. The molecule has 0 unspecified atom stereocenters. The summed E-state index contributed by atoms with van der Waals surface area (Å²) in [4.78, 5) is 20.8. The van der Waals surface area contributed by atoms with Gasteiger partial charge in [-0.3, -0.25) is 9.78 Å². The molecule has 1 atom stereocenters. The lowest BCUT2D eigenvalue weighted by atomic mass is 9.96. The molecule has 0 saturated heterocycles. The summed E-state index contributed by atoms with van der Waals surface area (Å²) in [5.41, 5.74) is 8.46. The van der Waals surface area contributed by atoms with Crippen LogP contribution in [0.3, 0.4) is 0 Å². The number of amides is 1. The average Bonchev–Trinajstić information content (AvgIpc) is 3.11. The third-order valence-electron chi connectivity index (χ3n) is 4.49. The quantitative estimate of drug-likeness (QED) is 0.736. The summed E-state index contributed by atoms with van der Waals surface area (Å²) in [6, 6.07) is 10.7. The number of carbonyl (C=O) groups excluding carboxylic acids is 1. The van der Waals surface area contributed by atoms with Gasteiger partial charge in [0.05, 0.1) is 12.7 Å². The number of primary amides is 1. The predicted molar refractivity (Wildman–Crippen MR) is 99.9 cm³/mol. The first-order valence-electron chi connectivity index (χ1n) is 8.37. The molecule has 2 aromatic heterocycles. The molecular formula is C19H18N6O2. The smallest absolute Gasteiger partial charge is 0.248 e. The number of nitrogens with zero attached hydrogens (tertiary/aromatic N) is 4. The van der Waals surface area contributed by atoms with Crippen LogP contribution in [0.5, 0.6) is 5.75 Å². The summed E-state index contributed by atoms with van der Waals surface area (Å²) in [5, 5.41) is 7.77. The third-order valence-corrected chi connectivity index (χ3v) is 4.49. The van der Waals surface area contributed by atoms with Gasteiger partial charge in [-0.2, -0.15) is 4.98 Å². The summed E-state index contributed by atoms with van der Waals surface area (Å²) in [7, 11) is 1.62. The Morgan fingerprint density at radius 2 is 1.89 bits per heavy atom. The van der Waals surface area contributed by atoms with Crippen molar-refractivity contribution in [2.24, 2.45) is 5.73 Å². The fourth-order valence-electron chi connectivity index (χ4n) is 3.19. The maximum Gasteiger partial charge on any atom is 0.248 e. The molecule has 0 aliphatic carbocycles. The number of aromatic nitrogens is 4. The summed E-state index contributed by atoms with van der Waals surface area (Å²) in [6.07, 6.45) is 3.35. The number of pyridine rings is 1. The number of carbonyl (C=O) groups is 1. The highest BCUT2D eigenvalue weighted by Crippen LogP contribution is 2.35. The van der Waals surface area contributed by atoms with Crippen molar-refractivity contribution in [3.05, 3.63) is 65.6 Å². The highest BCUT2D eigenvalue weighted by atomic mass is 16.5. The Labute approximate surface area is 155 Å². The van der Waals surface area contributed by atoms with Crippen LogP contribution in [-0.4, -0.2) is 32.8 Å². The van der Waals surface area contributed by atoms with Crippen LogP contribution in [0.25, 0.3) is 11.4 Å². The van der Waals surface area contributed by atoms with Crippen molar-refractivity contribution >= 4 is 11.9 Å². The Morgan fingerprint density at radius 1 is 1.19 bits per heavy atom. The summed E-state index contributed by atoms with van der Waals surface area (Å²) < 4.78 is 6.88. The maximum absolute atomic E-state index is 12.1.